The molecule has 2 atom stereocenters. The van der Waals surface area contributed by atoms with Crippen LogP contribution < -0.4 is 11.5 Å². The van der Waals surface area contributed by atoms with Crippen LogP contribution in [-0.2, 0) is 15.9 Å². The highest BCUT2D eigenvalue weighted by molar-refractivity contribution is 5.79. The summed E-state index contributed by atoms with van der Waals surface area (Å²) < 4.78 is 13.0. The molecule has 1 unspecified atom stereocenters. The zero-order valence-corrected chi connectivity index (χ0v) is 14.2. The number of carbonyl (C=O) groups excluding carboxylic acids is 1. The predicted octanol–water partition coefficient (Wildman–Crippen LogP) is 2.23. The maximum atomic E-state index is 11.1. The second-order valence-electron chi connectivity index (χ2n) is 7.10. The van der Waals surface area contributed by atoms with E-state index in [9.17, 15) is 4.79 Å². The van der Waals surface area contributed by atoms with E-state index in [0.29, 0.717) is 6.42 Å². The largest absolute Gasteiger partial charge is 0.441 e. The summed E-state index contributed by atoms with van der Waals surface area (Å²) in [5.74, 6) is 0. The summed E-state index contributed by atoms with van der Waals surface area (Å²) in [6.45, 7) is 0.793. The fourth-order valence-electron chi connectivity index (χ4n) is 3.69. The van der Waals surface area contributed by atoms with Crippen LogP contribution in [0.3, 0.4) is 0 Å². The van der Waals surface area contributed by atoms with Gasteiger partial charge in [-0.1, -0.05) is 6.07 Å². The lowest BCUT2D eigenvalue weighted by Crippen LogP contribution is -2.43. The third-order valence-corrected chi connectivity index (χ3v) is 5.27. The first kappa shape index (κ1) is 16.4. The van der Waals surface area contributed by atoms with Gasteiger partial charge in [0.1, 0.15) is 5.60 Å². The molecule has 1 aromatic carbocycles. The molecule has 4 rings (SSSR count). The van der Waals surface area contributed by atoms with Gasteiger partial charge in [0.05, 0.1) is 11.7 Å². The van der Waals surface area contributed by atoms with E-state index >= 15 is 0 Å². The summed E-state index contributed by atoms with van der Waals surface area (Å²) in [6.07, 6.45) is 6.61. The molecule has 0 spiro atoms. The Hall–Kier alpha value is -2.12. The van der Waals surface area contributed by atoms with E-state index in [-0.39, 0.29) is 12.3 Å². The number of aromatic nitrogens is 2. The highest BCUT2D eigenvalue weighted by Gasteiger charge is 2.51. The van der Waals surface area contributed by atoms with Crippen molar-refractivity contribution >= 4 is 17.0 Å². The third-order valence-electron chi connectivity index (χ3n) is 5.27. The quantitative estimate of drug-likeness (QED) is 0.865. The standard InChI is InChI=1S/C18H24N4O3/c19-15(18(6-7-18)25-17(20)23)10-12-4-5-14-13(9-12)11-21-22(14)16-3-1-2-8-24-16/h4-5,9,11,15-16H,1-3,6-8,10,19H2,(H2,20,23)/t15-,16?/m0/s1. The number of fused-ring (bicyclic) bond motifs is 1. The molecular weight excluding hydrogens is 320 g/mol. The fourth-order valence-corrected chi connectivity index (χ4v) is 3.69. The smallest absolute Gasteiger partial charge is 0.405 e. The molecule has 134 valence electrons. The molecule has 1 aliphatic heterocycles. The topological polar surface area (TPSA) is 105 Å². The minimum Gasteiger partial charge on any atom is -0.441 e. The predicted molar refractivity (Wildman–Crippen MR) is 92.9 cm³/mol. The molecule has 7 nitrogen and oxygen atoms in total. The summed E-state index contributed by atoms with van der Waals surface area (Å²) in [5, 5.41) is 5.58. The lowest BCUT2D eigenvalue weighted by atomic mass is 9.99. The lowest BCUT2D eigenvalue weighted by molar-refractivity contribution is -0.0366. The molecule has 0 bridgehead atoms. The Balaban J connectivity index is 1.51. The number of hydrogen-bond acceptors (Lipinski definition) is 5. The van der Waals surface area contributed by atoms with Gasteiger partial charge in [-0.15, -0.1) is 0 Å². The SMILES string of the molecule is NC(=O)OC1([C@@H](N)Cc2ccc3c(cnn3C3CCCCO3)c2)CC1. The van der Waals surface area contributed by atoms with Crippen molar-refractivity contribution in [3.63, 3.8) is 0 Å². The summed E-state index contributed by atoms with van der Waals surface area (Å²) in [6, 6.07) is 5.97. The maximum absolute atomic E-state index is 11.1. The zero-order valence-electron chi connectivity index (χ0n) is 14.2. The van der Waals surface area contributed by atoms with Gasteiger partial charge in [0, 0.05) is 18.0 Å². The molecule has 2 heterocycles. The van der Waals surface area contributed by atoms with Crippen molar-refractivity contribution < 1.29 is 14.3 Å². The molecule has 2 aliphatic rings. The maximum Gasteiger partial charge on any atom is 0.405 e. The van der Waals surface area contributed by atoms with Gasteiger partial charge in [-0.2, -0.15) is 5.10 Å². The average molecular weight is 344 g/mol. The molecule has 4 N–H and O–H groups in total. The van der Waals surface area contributed by atoms with Gasteiger partial charge in [0.2, 0.25) is 0 Å². The van der Waals surface area contributed by atoms with Gasteiger partial charge in [-0.05, 0) is 56.2 Å². The highest BCUT2D eigenvalue weighted by Crippen LogP contribution is 2.43. The van der Waals surface area contributed by atoms with Gasteiger partial charge < -0.3 is 20.9 Å². The number of primary amides is 1. The molecule has 2 aromatic rings. The van der Waals surface area contributed by atoms with Gasteiger partial charge in [0.15, 0.2) is 6.23 Å². The minimum absolute atomic E-state index is 0.0260. The second kappa shape index (κ2) is 6.31. The lowest BCUT2D eigenvalue weighted by Gasteiger charge is -2.24. The van der Waals surface area contributed by atoms with Crippen LogP contribution in [0.5, 0.6) is 0 Å². The Morgan fingerprint density at radius 1 is 1.44 bits per heavy atom. The Morgan fingerprint density at radius 3 is 2.96 bits per heavy atom. The number of hydrogen-bond donors (Lipinski definition) is 2. The van der Waals surface area contributed by atoms with E-state index in [1.807, 2.05) is 10.9 Å². The van der Waals surface area contributed by atoms with Crippen LogP contribution in [0.2, 0.25) is 0 Å². The molecule has 1 saturated heterocycles. The normalized spacial score (nSPS) is 23.3. The van der Waals surface area contributed by atoms with Gasteiger partial charge in [0.25, 0.3) is 0 Å². The Bertz CT molecular complexity index is 778. The number of nitrogens with two attached hydrogens (primary N) is 2. The van der Waals surface area contributed by atoms with E-state index in [2.05, 4.69) is 23.3 Å². The third kappa shape index (κ3) is 3.21. The van der Waals surface area contributed by atoms with Crippen molar-refractivity contribution in [2.24, 2.45) is 11.5 Å². The van der Waals surface area contributed by atoms with Gasteiger partial charge >= 0.3 is 6.09 Å². The summed E-state index contributed by atoms with van der Waals surface area (Å²) in [4.78, 5) is 11.1. The summed E-state index contributed by atoms with van der Waals surface area (Å²) in [7, 11) is 0. The van der Waals surface area contributed by atoms with Crippen LogP contribution in [0.15, 0.2) is 24.4 Å². The van der Waals surface area contributed by atoms with E-state index in [4.69, 9.17) is 20.9 Å². The van der Waals surface area contributed by atoms with E-state index in [1.54, 1.807) is 0 Å². The Labute approximate surface area is 146 Å². The van der Waals surface area contributed by atoms with Crippen molar-refractivity contribution in [2.45, 2.75) is 56.4 Å². The molecule has 0 radical (unpaired) electrons. The first-order chi connectivity index (χ1) is 12.1. The van der Waals surface area contributed by atoms with E-state index in [0.717, 1.165) is 48.8 Å². The van der Waals surface area contributed by atoms with Crippen LogP contribution in [0.25, 0.3) is 10.9 Å². The molecule has 1 saturated carbocycles. The molecule has 2 fully saturated rings. The van der Waals surface area contributed by atoms with E-state index in [1.165, 1.54) is 6.42 Å². The number of benzene rings is 1. The van der Waals surface area contributed by atoms with Crippen LogP contribution in [0.4, 0.5) is 4.79 Å². The van der Waals surface area contributed by atoms with Crippen molar-refractivity contribution in [1.29, 1.82) is 0 Å². The number of rotatable bonds is 5. The minimum atomic E-state index is -0.753. The van der Waals surface area contributed by atoms with Gasteiger partial charge in [-0.3, -0.25) is 0 Å². The average Bonchev–Trinajstić information content (AvgIpc) is 3.25. The van der Waals surface area contributed by atoms with Crippen molar-refractivity contribution in [3.05, 3.63) is 30.0 Å². The molecule has 25 heavy (non-hydrogen) atoms. The fraction of sp³-hybridized carbons (Fsp3) is 0.556. The van der Waals surface area contributed by atoms with Crippen LogP contribution in [0.1, 0.15) is 43.9 Å². The number of carbonyl (C=O) groups is 1. The molecule has 7 heteroatoms. The first-order valence-electron chi connectivity index (χ1n) is 8.89. The summed E-state index contributed by atoms with van der Waals surface area (Å²) >= 11 is 0. The molecule has 1 aliphatic carbocycles. The zero-order chi connectivity index (χ0) is 17.4. The van der Waals surface area contributed by atoms with Crippen LogP contribution in [-0.4, -0.2) is 34.1 Å². The second-order valence-corrected chi connectivity index (χ2v) is 7.10. The molecule has 1 amide bonds. The summed E-state index contributed by atoms with van der Waals surface area (Å²) in [5.41, 5.74) is 13.0. The Morgan fingerprint density at radius 2 is 2.28 bits per heavy atom. The van der Waals surface area contributed by atoms with Crippen molar-refractivity contribution in [1.82, 2.24) is 9.78 Å². The van der Waals surface area contributed by atoms with Crippen molar-refractivity contribution in [2.75, 3.05) is 6.61 Å². The number of amides is 1. The van der Waals surface area contributed by atoms with Crippen LogP contribution in [0, 0.1) is 0 Å². The highest BCUT2D eigenvalue weighted by atomic mass is 16.6. The molecule has 1 aromatic heterocycles. The van der Waals surface area contributed by atoms with Crippen LogP contribution >= 0.6 is 0 Å². The molecular formula is C18H24N4O3. The van der Waals surface area contributed by atoms with E-state index < -0.39 is 11.7 Å². The van der Waals surface area contributed by atoms with Crippen molar-refractivity contribution in [3.8, 4) is 0 Å². The van der Waals surface area contributed by atoms with Gasteiger partial charge in [-0.25, -0.2) is 9.48 Å². The monoisotopic (exact) mass is 344 g/mol. The Kier molecular flexibility index (Phi) is 4.13. The first-order valence-corrected chi connectivity index (χ1v) is 8.89. The number of nitrogens with zero attached hydrogens (tertiary/aromatic N) is 2. The number of ether oxygens (including phenoxy) is 2.